The van der Waals surface area contributed by atoms with E-state index in [4.69, 9.17) is 0 Å². The molecule has 1 aromatic carbocycles. The van der Waals surface area contributed by atoms with Crippen molar-refractivity contribution in [2.45, 2.75) is 19.4 Å². The van der Waals surface area contributed by atoms with Gasteiger partial charge in [0.2, 0.25) is 0 Å². The van der Waals surface area contributed by atoms with E-state index in [1.165, 1.54) is 16.8 Å². The Bertz CT molecular complexity index is 347. The van der Waals surface area contributed by atoms with Crippen molar-refractivity contribution in [1.82, 2.24) is 0 Å². The molecule has 2 N–H and O–H groups in total. The molecule has 0 fully saturated rings. The Labute approximate surface area is 90.0 Å². The highest BCUT2D eigenvalue weighted by Crippen LogP contribution is 2.31. The minimum atomic E-state index is -0.159. The van der Waals surface area contributed by atoms with Crippen molar-refractivity contribution >= 4 is 5.69 Å². The topological polar surface area (TPSA) is 43.7 Å². The maximum absolute atomic E-state index is 9.18. The normalized spacial score (nSPS) is 14.8. The van der Waals surface area contributed by atoms with Gasteiger partial charge in [0.05, 0.1) is 19.3 Å². The second kappa shape index (κ2) is 4.21. The number of aliphatic hydroxyl groups is 2. The molecule has 15 heavy (non-hydrogen) atoms. The lowest BCUT2D eigenvalue weighted by atomic mass is 10.1. The molecule has 1 heterocycles. The van der Waals surface area contributed by atoms with E-state index in [0.29, 0.717) is 0 Å². The molecule has 0 bridgehead atoms. The highest BCUT2D eigenvalue weighted by Gasteiger charge is 2.25. The Kier molecular flexibility index (Phi) is 2.93. The molecular formula is C12H17NO2. The van der Waals surface area contributed by atoms with Gasteiger partial charge in [-0.05, 0) is 30.5 Å². The summed E-state index contributed by atoms with van der Waals surface area (Å²) in [5, 5.41) is 18.4. The standard InChI is InChI=1S/C12H17NO2/c1-9-3-2-4-12-11(9)5-6-13(12)10(7-14)8-15/h2-4,10,14-15H,5-8H2,1H3. The lowest BCUT2D eigenvalue weighted by Gasteiger charge is -2.27. The average Bonchev–Trinajstić information content (AvgIpc) is 2.66. The molecule has 0 radical (unpaired) electrons. The van der Waals surface area contributed by atoms with Crippen LogP contribution in [0, 0.1) is 6.92 Å². The molecule has 0 aliphatic carbocycles. The van der Waals surface area contributed by atoms with E-state index in [9.17, 15) is 10.2 Å². The predicted molar refractivity (Wildman–Crippen MR) is 60.2 cm³/mol. The molecule has 0 spiro atoms. The van der Waals surface area contributed by atoms with Crippen LogP contribution < -0.4 is 4.90 Å². The number of aryl methyl sites for hydroxylation is 1. The number of nitrogens with zero attached hydrogens (tertiary/aromatic N) is 1. The number of hydrogen-bond donors (Lipinski definition) is 2. The first-order valence-electron chi connectivity index (χ1n) is 5.34. The highest BCUT2D eigenvalue weighted by molar-refractivity contribution is 5.61. The molecule has 0 saturated carbocycles. The van der Waals surface area contributed by atoms with Crippen molar-refractivity contribution in [3.05, 3.63) is 29.3 Å². The van der Waals surface area contributed by atoms with Gasteiger partial charge in [0.25, 0.3) is 0 Å². The SMILES string of the molecule is Cc1cccc2c1CCN2C(CO)CO. The second-order valence-corrected chi connectivity index (χ2v) is 4.03. The van der Waals surface area contributed by atoms with Crippen LogP contribution in [0.2, 0.25) is 0 Å². The summed E-state index contributed by atoms with van der Waals surface area (Å²) in [6.45, 7) is 3.01. The molecule has 0 aromatic heterocycles. The van der Waals surface area contributed by atoms with E-state index in [1.807, 2.05) is 6.07 Å². The largest absolute Gasteiger partial charge is 0.394 e. The van der Waals surface area contributed by atoms with Crippen LogP contribution in [0.25, 0.3) is 0 Å². The Morgan fingerprint density at radius 3 is 2.73 bits per heavy atom. The molecule has 0 atom stereocenters. The molecule has 0 amide bonds. The van der Waals surface area contributed by atoms with Crippen molar-refractivity contribution in [3.8, 4) is 0 Å². The Balaban J connectivity index is 2.32. The van der Waals surface area contributed by atoms with Crippen LogP contribution in [0.15, 0.2) is 18.2 Å². The summed E-state index contributed by atoms with van der Waals surface area (Å²) in [7, 11) is 0. The van der Waals surface area contributed by atoms with Gasteiger partial charge in [0, 0.05) is 12.2 Å². The van der Waals surface area contributed by atoms with Crippen LogP contribution in [0.4, 0.5) is 5.69 Å². The first-order valence-corrected chi connectivity index (χ1v) is 5.34. The van der Waals surface area contributed by atoms with E-state index in [0.717, 1.165) is 13.0 Å². The summed E-state index contributed by atoms with van der Waals surface area (Å²) in [5.41, 5.74) is 3.82. The fraction of sp³-hybridized carbons (Fsp3) is 0.500. The summed E-state index contributed by atoms with van der Waals surface area (Å²) in [4.78, 5) is 2.10. The van der Waals surface area contributed by atoms with E-state index >= 15 is 0 Å². The van der Waals surface area contributed by atoms with Crippen molar-refractivity contribution in [2.24, 2.45) is 0 Å². The van der Waals surface area contributed by atoms with Gasteiger partial charge in [-0.1, -0.05) is 12.1 Å². The van der Waals surface area contributed by atoms with Crippen molar-refractivity contribution < 1.29 is 10.2 Å². The lowest BCUT2D eigenvalue weighted by molar-refractivity contribution is 0.189. The zero-order valence-electron chi connectivity index (χ0n) is 8.98. The molecule has 3 heteroatoms. The second-order valence-electron chi connectivity index (χ2n) is 4.03. The van der Waals surface area contributed by atoms with Gasteiger partial charge in [0.1, 0.15) is 0 Å². The number of aliphatic hydroxyl groups excluding tert-OH is 2. The van der Waals surface area contributed by atoms with Crippen molar-refractivity contribution in [1.29, 1.82) is 0 Å². The maximum atomic E-state index is 9.18. The van der Waals surface area contributed by atoms with Crippen molar-refractivity contribution in [2.75, 3.05) is 24.7 Å². The molecule has 2 rings (SSSR count). The summed E-state index contributed by atoms with van der Waals surface area (Å²) >= 11 is 0. The number of hydrogen-bond acceptors (Lipinski definition) is 3. The molecule has 0 unspecified atom stereocenters. The van der Waals surface area contributed by atoms with Crippen LogP contribution in [-0.2, 0) is 6.42 Å². The van der Waals surface area contributed by atoms with E-state index in [-0.39, 0.29) is 19.3 Å². The first kappa shape index (κ1) is 10.5. The third kappa shape index (κ3) is 1.73. The summed E-state index contributed by atoms with van der Waals surface area (Å²) in [6, 6.07) is 6.04. The molecule has 1 aromatic rings. The monoisotopic (exact) mass is 207 g/mol. The van der Waals surface area contributed by atoms with E-state index in [2.05, 4.69) is 24.0 Å². The summed E-state index contributed by atoms with van der Waals surface area (Å²) in [6.07, 6.45) is 1.01. The van der Waals surface area contributed by atoms with Crippen molar-refractivity contribution in [3.63, 3.8) is 0 Å². The Morgan fingerprint density at radius 2 is 2.07 bits per heavy atom. The van der Waals surface area contributed by atoms with E-state index in [1.54, 1.807) is 0 Å². The van der Waals surface area contributed by atoms with Gasteiger partial charge in [-0.2, -0.15) is 0 Å². The van der Waals surface area contributed by atoms with Gasteiger partial charge >= 0.3 is 0 Å². The molecule has 1 aliphatic heterocycles. The smallest absolute Gasteiger partial charge is 0.0751 e. The Morgan fingerprint density at radius 1 is 1.33 bits per heavy atom. The molecule has 3 nitrogen and oxygen atoms in total. The minimum Gasteiger partial charge on any atom is -0.394 e. The number of benzene rings is 1. The van der Waals surface area contributed by atoms with Crippen LogP contribution in [-0.4, -0.2) is 36.0 Å². The number of fused-ring (bicyclic) bond motifs is 1. The maximum Gasteiger partial charge on any atom is 0.0751 e. The summed E-state index contributed by atoms with van der Waals surface area (Å²) < 4.78 is 0. The molecule has 1 aliphatic rings. The molecule has 82 valence electrons. The van der Waals surface area contributed by atoms with Crippen LogP contribution in [0.5, 0.6) is 0 Å². The number of rotatable bonds is 3. The van der Waals surface area contributed by atoms with Gasteiger partial charge in [-0.3, -0.25) is 0 Å². The minimum absolute atomic E-state index is 0.00385. The number of anilines is 1. The third-order valence-corrected chi connectivity index (χ3v) is 3.16. The van der Waals surface area contributed by atoms with E-state index < -0.39 is 0 Å². The third-order valence-electron chi connectivity index (χ3n) is 3.16. The molecular weight excluding hydrogens is 190 g/mol. The highest BCUT2D eigenvalue weighted by atomic mass is 16.3. The predicted octanol–water partition coefficient (Wildman–Crippen LogP) is 0.711. The average molecular weight is 207 g/mol. The fourth-order valence-corrected chi connectivity index (χ4v) is 2.27. The zero-order chi connectivity index (χ0) is 10.8. The zero-order valence-corrected chi connectivity index (χ0v) is 8.98. The van der Waals surface area contributed by atoms with Crippen LogP contribution >= 0.6 is 0 Å². The van der Waals surface area contributed by atoms with Gasteiger partial charge in [-0.25, -0.2) is 0 Å². The van der Waals surface area contributed by atoms with Gasteiger partial charge in [0.15, 0.2) is 0 Å². The van der Waals surface area contributed by atoms with Crippen LogP contribution in [0.3, 0.4) is 0 Å². The lowest BCUT2D eigenvalue weighted by Crippen LogP contribution is -2.39. The Hall–Kier alpha value is -1.06. The van der Waals surface area contributed by atoms with Crippen LogP contribution in [0.1, 0.15) is 11.1 Å². The quantitative estimate of drug-likeness (QED) is 0.767. The first-order chi connectivity index (χ1) is 7.27. The summed E-state index contributed by atoms with van der Waals surface area (Å²) in [5.74, 6) is 0. The van der Waals surface area contributed by atoms with Gasteiger partial charge < -0.3 is 15.1 Å². The molecule has 0 saturated heterocycles. The fourth-order valence-electron chi connectivity index (χ4n) is 2.27. The van der Waals surface area contributed by atoms with Gasteiger partial charge in [-0.15, -0.1) is 0 Å².